The van der Waals surface area contributed by atoms with E-state index in [1.54, 1.807) is 13.0 Å². The first kappa shape index (κ1) is 16.8. The lowest BCUT2D eigenvalue weighted by atomic mass is 9.81. The minimum Gasteiger partial charge on any atom is -0.363 e. The molecule has 4 rings (SSSR count). The Balaban J connectivity index is 1.79. The van der Waals surface area contributed by atoms with Crippen molar-refractivity contribution in [2.45, 2.75) is 38.9 Å². The van der Waals surface area contributed by atoms with Gasteiger partial charge in [-0.3, -0.25) is 0 Å². The van der Waals surface area contributed by atoms with Gasteiger partial charge >= 0.3 is 6.18 Å². The maximum absolute atomic E-state index is 13.0. The average Bonchev–Trinajstić information content (AvgIpc) is 3.02. The molecule has 26 heavy (non-hydrogen) atoms. The Morgan fingerprint density at radius 1 is 1.19 bits per heavy atom. The molecule has 0 amide bonds. The van der Waals surface area contributed by atoms with Crippen molar-refractivity contribution in [3.8, 4) is 0 Å². The number of benzene rings is 1. The molecule has 2 aromatic heterocycles. The fourth-order valence-corrected chi connectivity index (χ4v) is 3.51. The molecular weight excluding hydrogens is 343 g/mol. The summed E-state index contributed by atoms with van der Waals surface area (Å²) in [6.07, 6.45) is -2.60. The van der Waals surface area contributed by atoms with Crippen LogP contribution in [0.15, 0.2) is 30.3 Å². The molecule has 0 saturated heterocycles. The van der Waals surface area contributed by atoms with Gasteiger partial charge in [-0.2, -0.15) is 22.7 Å². The van der Waals surface area contributed by atoms with E-state index in [-0.39, 0.29) is 11.8 Å². The molecule has 2 unspecified atom stereocenters. The summed E-state index contributed by atoms with van der Waals surface area (Å²) in [5, 5.41) is 7.02. The second kappa shape index (κ2) is 5.96. The third-order valence-corrected chi connectivity index (χ3v) is 4.83. The number of anilines is 1. The van der Waals surface area contributed by atoms with Crippen LogP contribution in [0.2, 0.25) is 0 Å². The summed E-state index contributed by atoms with van der Waals surface area (Å²) < 4.78 is 40.1. The summed E-state index contributed by atoms with van der Waals surface area (Å²) in [4.78, 5) is 7.61. The molecule has 2 atom stereocenters. The van der Waals surface area contributed by atoms with E-state index in [0.717, 1.165) is 17.4 Å². The molecule has 0 radical (unpaired) electrons. The van der Waals surface area contributed by atoms with Gasteiger partial charge in [0.2, 0.25) is 0 Å². The van der Waals surface area contributed by atoms with Gasteiger partial charge in [0.15, 0.2) is 0 Å². The second-order valence-corrected chi connectivity index (χ2v) is 6.76. The molecule has 0 spiro atoms. The maximum Gasteiger partial charge on any atom is 0.453 e. The Hall–Kier alpha value is -2.64. The average molecular weight is 361 g/mol. The van der Waals surface area contributed by atoms with Crippen LogP contribution >= 0.6 is 0 Å². The highest BCUT2D eigenvalue weighted by Crippen LogP contribution is 2.37. The van der Waals surface area contributed by atoms with Crippen LogP contribution in [-0.4, -0.2) is 19.6 Å². The van der Waals surface area contributed by atoms with Gasteiger partial charge in [0.25, 0.3) is 11.6 Å². The number of nitrogens with zero attached hydrogens (tertiary/aromatic N) is 4. The summed E-state index contributed by atoms with van der Waals surface area (Å²) in [5.74, 6) is -0.449. The van der Waals surface area contributed by atoms with Crippen molar-refractivity contribution in [1.82, 2.24) is 19.6 Å². The maximum atomic E-state index is 13.0. The lowest BCUT2D eigenvalue weighted by molar-refractivity contribution is -0.144. The standard InChI is InChI=1S/C18H18F3N5/c1-10-7-8-12-5-3-4-6-13(12)15(10)23-14-9-11(2)22-17-24-16(18(19,20)21)25-26(14)17/h3-6,9-10,15,23H,7-8H2,1-2H3. The molecule has 2 heterocycles. The van der Waals surface area contributed by atoms with Crippen molar-refractivity contribution < 1.29 is 13.2 Å². The molecule has 1 N–H and O–H groups in total. The van der Waals surface area contributed by atoms with Crippen molar-refractivity contribution in [3.63, 3.8) is 0 Å². The molecule has 136 valence electrons. The Morgan fingerprint density at radius 3 is 2.73 bits per heavy atom. The van der Waals surface area contributed by atoms with Gasteiger partial charge in [0, 0.05) is 11.8 Å². The smallest absolute Gasteiger partial charge is 0.363 e. The zero-order valence-corrected chi connectivity index (χ0v) is 14.4. The van der Waals surface area contributed by atoms with Crippen molar-refractivity contribution in [2.24, 2.45) is 5.92 Å². The third-order valence-electron chi connectivity index (χ3n) is 4.83. The lowest BCUT2D eigenvalue weighted by Gasteiger charge is -2.32. The highest BCUT2D eigenvalue weighted by molar-refractivity contribution is 5.48. The van der Waals surface area contributed by atoms with E-state index in [1.165, 1.54) is 11.1 Å². The van der Waals surface area contributed by atoms with E-state index in [9.17, 15) is 13.2 Å². The number of hydrogen-bond acceptors (Lipinski definition) is 4. The number of halogens is 3. The summed E-state index contributed by atoms with van der Waals surface area (Å²) in [6.45, 7) is 3.87. The zero-order valence-electron chi connectivity index (χ0n) is 14.4. The zero-order chi connectivity index (χ0) is 18.5. The van der Waals surface area contributed by atoms with Crippen molar-refractivity contribution in [1.29, 1.82) is 0 Å². The predicted molar refractivity (Wildman–Crippen MR) is 90.8 cm³/mol. The Bertz CT molecular complexity index is 963. The summed E-state index contributed by atoms with van der Waals surface area (Å²) in [5.41, 5.74) is 3.02. The SMILES string of the molecule is Cc1cc(NC2c3ccccc3CCC2C)n2nc(C(F)(F)F)nc2n1. The van der Waals surface area contributed by atoms with Crippen molar-refractivity contribution >= 4 is 11.6 Å². The third kappa shape index (κ3) is 2.89. The van der Waals surface area contributed by atoms with Crippen LogP contribution in [0.3, 0.4) is 0 Å². The van der Waals surface area contributed by atoms with Crippen molar-refractivity contribution in [2.75, 3.05) is 5.32 Å². The molecule has 0 bridgehead atoms. The van der Waals surface area contributed by atoms with E-state index < -0.39 is 12.0 Å². The molecule has 1 aliphatic rings. The molecular formula is C18H18F3N5. The largest absolute Gasteiger partial charge is 0.453 e. The monoisotopic (exact) mass is 361 g/mol. The van der Waals surface area contributed by atoms with Crippen LogP contribution < -0.4 is 5.32 Å². The van der Waals surface area contributed by atoms with Crippen LogP contribution in [0.5, 0.6) is 0 Å². The molecule has 0 saturated carbocycles. The predicted octanol–water partition coefficient (Wildman–Crippen LogP) is 4.19. The number of aromatic nitrogens is 4. The molecule has 1 aliphatic carbocycles. The molecule has 0 fully saturated rings. The number of fused-ring (bicyclic) bond motifs is 2. The number of alkyl halides is 3. The van der Waals surface area contributed by atoms with Crippen LogP contribution in [-0.2, 0) is 12.6 Å². The Labute approximate surface area is 148 Å². The van der Waals surface area contributed by atoms with Gasteiger partial charge in [-0.15, -0.1) is 5.10 Å². The normalized spacial score (nSPS) is 20.2. The first-order chi connectivity index (χ1) is 12.3. The fraction of sp³-hybridized carbons (Fsp3) is 0.389. The summed E-state index contributed by atoms with van der Waals surface area (Å²) in [7, 11) is 0. The fourth-order valence-electron chi connectivity index (χ4n) is 3.51. The van der Waals surface area contributed by atoms with Gasteiger partial charge in [-0.1, -0.05) is 31.2 Å². The van der Waals surface area contributed by atoms with Gasteiger partial charge in [0.1, 0.15) is 5.82 Å². The van der Waals surface area contributed by atoms with Gasteiger partial charge in [-0.05, 0) is 36.8 Å². The topological polar surface area (TPSA) is 55.1 Å². The molecule has 1 aromatic carbocycles. The van der Waals surface area contributed by atoms with E-state index in [2.05, 4.69) is 39.4 Å². The summed E-state index contributed by atoms with van der Waals surface area (Å²) >= 11 is 0. The quantitative estimate of drug-likeness (QED) is 0.744. The number of aryl methyl sites for hydroxylation is 2. The summed E-state index contributed by atoms with van der Waals surface area (Å²) in [6, 6.07) is 9.84. The first-order valence-corrected chi connectivity index (χ1v) is 8.49. The van der Waals surface area contributed by atoms with Gasteiger partial charge in [-0.25, -0.2) is 4.98 Å². The van der Waals surface area contributed by atoms with E-state index >= 15 is 0 Å². The second-order valence-electron chi connectivity index (χ2n) is 6.76. The van der Waals surface area contributed by atoms with Crippen LogP contribution in [0, 0.1) is 12.8 Å². The van der Waals surface area contributed by atoms with Gasteiger partial charge in [0.05, 0.1) is 6.04 Å². The number of rotatable bonds is 2. The van der Waals surface area contributed by atoms with Crippen LogP contribution in [0.4, 0.5) is 19.0 Å². The van der Waals surface area contributed by atoms with E-state index in [1.807, 2.05) is 12.1 Å². The van der Waals surface area contributed by atoms with Crippen LogP contribution in [0.1, 0.15) is 42.0 Å². The molecule has 5 nitrogen and oxygen atoms in total. The number of nitrogens with one attached hydrogen (secondary N) is 1. The highest BCUT2D eigenvalue weighted by Gasteiger charge is 2.37. The van der Waals surface area contributed by atoms with Crippen molar-refractivity contribution in [3.05, 3.63) is 53.0 Å². The van der Waals surface area contributed by atoms with E-state index in [4.69, 9.17) is 0 Å². The molecule has 0 aliphatic heterocycles. The highest BCUT2D eigenvalue weighted by atomic mass is 19.4. The minimum atomic E-state index is -4.61. The first-order valence-electron chi connectivity index (χ1n) is 8.49. The van der Waals surface area contributed by atoms with E-state index in [0.29, 0.717) is 17.4 Å². The molecule has 8 heteroatoms. The Kier molecular flexibility index (Phi) is 3.86. The lowest BCUT2D eigenvalue weighted by Crippen LogP contribution is -2.26. The van der Waals surface area contributed by atoms with Gasteiger partial charge < -0.3 is 5.32 Å². The van der Waals surface area contributed by atoms with Crippen LogP contribution in [0.25, 0.3) is 5.78 Å². The number of hydrogen-bond donors (Lipinski definition) is 1. The minimum absolute atomic E-state index is 0.0107. The molecule has 3 aromatic rings. The Morgan fingerprint density at radius 2 is 1.96 bits per heavy atom.